The molecular weight excluding hydrogens is 196 g/mol. The summed E-state index contributed by atoms with van der Waals surface area (Å²) in [7, 11) is 0. The summed E-state index contributed by atoms with van der Waals surface area (Å²) >= 11 is 0. The molecule has 0 amide bonds. The highest BCUT2D eigenvalue weighted by Crippen LogP contribution is 2.29. The fraction of sp³-hybridized carbons (Fsp3) is 1.00. The average Bonchev–Trinajstić information content (AvgIpc) is 1.96. The first kappa shape index (κ1) is 14.0. The number of hydrogen-bond acceptors (Lipinski definition) is 2. The maximum atomic E-state index is 3.82. The lowest BCUT2D eigenvalue weighted by atomic mass is 9.78. The van der Waals surface area contributed by atoms with E-state index in [0.29, 0.717) is 6.04 Å². The quantitative estimate of drug-likeness (QED) is 0.773. The smallest absolute Gasteiger partial charge is 0.0144 e. The predicted octanol–water partition coefficient (Wildman–Crippen LogP) is 3.07. The van der Waals surface area contributed by atoms with E-state index in [1.807, 2.05) is 0 Å². The van der Waals surface area contributed by atoms with Gasteiger partial charge in [0.15, 0.2) is 0 Å². The minimum absolute atomic E-state index is 0.239. The van der Waals surface area contributed by atoms with Crippen LogP contribution < -0.4 is 10.6 Å². The van der Waals surface area contributed by atoms with Crippen molar-refractivity contribution in [2.24, 2.45) is 0 Å². The van der Waals surface area contributed by atoms with Gasteiger partial charge in [-0.15, -0.1) is 0 Å². The first-order chi connectivity index (χ1) is 7.05. The van der Waals surface area contributed by atoms with E-state index in [1.165, 1.54) is 19.3 Å². The minimum Gasteiger partial charge on any atom is -0.309 e. The second-order valence-electron chi connectivity index (χ2n) is 7.38. The van der Waals surface area contributed by atoms with Crippen molar-refractivity contribution in [3.05, 3.63) is 0 Å². The summed E-state index contributed by atoms with van der Waals surface area (Å²) < 4.78 is 0. The third-order valence-corrected chi connectivity index (χ3v) is 3.67. The van der Waals surface area contributed by atoms with Crippen LogP contribution in [0.15, 0.2) is 0 Å². The van der Waals surface area contributed by atoms with Crippen molar-refractivity contribution in [1.29, 1.82) is 0 Å². The molecule has 0 aromatic carbocycles. The zero-order chi connectivity index (χ0) is 12.6. The molecule has 2 heteroatoms. The molecule has 0 aromatic heterocycles. The maximum Gasteiger partial charge on any atom is 0.0144 e. The Morgan fingerprint density at radius 2 is 1.56 bits per heavy atom. The summed E-state index contributed by atoms with van der Waals surface area (Å²) in [5, 5.41) is 7.54. The third-order valence-electron chi connectivity index (χ3n) is 3.67. The van der Waals surface area contributed by atoms with Crippen LogP contribution in [0.3, 0.4) is 0 Å². The average molecular weight is 226 g/mol. The number of piperidine rings is 1. The first-order valence-corrected chi connectivity index (χ1v) is 6.62. The molecular formula is C14H30N2. The van der Waals surface area contributed by atoms with Crippen LogP contribution in [-0.4, -0.2) is 22.7 Å². The lowest BCUT2D eigenvalue weighted by Crippen LogP contribution is -2.63. The predicted molar refractivity (Wildman–Crippen MR) is 71.8 cm³/mol. The van der Waals surface area contributed by atoms with Gasteiger partial charge >= 0.3 is 0 Å². The molecule has 16 heavy (non-hydrogen) atoms. The van der Waals surface area contributed by atoms with Crippen LogP contribution in [0.1, 0.15) is 67.7 Å². The van der Waals surface area contributed by atoms with E-state index in [0.717, 1.165) is 0 Å². The Kier molecular flexibility index (Phi) is 3.76. The van der Waals surface area contributed by atoms with Crippen LogP contribution in [0.2, 0.25) is 0 Å². The van der Waals surface area contributed by atoms with Gasteiger partial charge in [-0.3, -0.25) is 0 Å². The highest BCUT2D eigenvalue weighted by molar-refractivity contribution is 5.01. The molecule has 96 valence electrons. The highest BCUT2D eigenvalue weighted by Gasteiger charge is 2.38. The largest absolute Gasteiger partial charge is 0.309 e. The SMILES string of the molecule is CCC(C)(C)NC1CC(C)(C)NC(C)(C)C1. The maximum absolute atomic E-state index is 3.82. The third kappa shape index (κ3) is 4.06. The van der Waals surface area contributed by atoms with Gasteiger partial charge in [-0.25, -0.2) is 0 Å². The summed E-state index contributed by atoms with van der Waals surface area (Å²) in [5.74, 6) is 0. The molecule has 1 fully saturated rings. The van der Waals surface area contributed by atoms with Crippen LogP contribution in [0.4, 0.5) is 0 Å². The van der Waals surface area contributed by atoms with E-state index in [4.69, 9.17) is 0 Å². The van der Waals surface area contributed by atoms with Gasteiger partial charge in [0.2, 0.25) is 0 Å². The van der Waals surface area contributed by atoms with Crippen molar-refractivity contribution in [2.45, 2.75) is 90.4 Å². The molecule has 0 unspecified atom stereocenters. The van der Waals surface area contributed by atoms with Gasteiger partial charge < -0.3 is 10.6 Å². The molecule has 0 aromatic rings. The Morgan fingerprint density at radius 3 is 1.94 bits per heavy atom. The monoisotopic (exact) mass is 226 g/mol. The van der Waals surface area contributed by atoms with Gasteiger partial charge in [0.25, 0.3) is 0 Å². The molecule has 0 bridgehead atoms. The fourth-order valence-corrected chi connectivity index (χ4v) is 3.08. The molecule has 1 saturated heterocycles. The molecule has 1 heterocycles. The molecule has 0 spiro atoms. The van der Waals surface area contributed by atoms with Crippen LogP contribution in [0.5, 0.6) is 0 Å². The molecule has 0 radical (unpaired) electrons. The molecule has 1 aliphatic heterocycles. The Hall–Kier alpha value is -0.0800. The molecule has 0 atom stereocenters. The fourth-order valence-electron chi connectivity index (χ4n) is 3.08. The first-order valence-electron chi connectivity index (χ1n) is 6.62. The summed E-state index contributed by atoms with van der Waals surface area (Å²) in [6, 6.07) is 0.626. The number of rotatable bonds is 3. The second kappa shape index (κ2) is 4.30. The van der Waals surface area contributed by atoms with Crippen molar-refractivity contribution in [2.75, 3.05) is 0 Å². The topological polar surface area (TPSA) is 24.1 Å². The van der Waals surface area contributed by atoms with Crippen LogP contribution >= 0.6 is 0 Å². The van der Waals surface area contributed by atoms with Gasteiger partial charge in [0.05, 0.1) is 0 Å². The zero-order valence-corrected chi connectivity index (χ0v) is 12.2. The summed E-state index contributed by atoms with van der Waals surface area (Å²) in [6.07, 6.45) is 3.59. The highest BCUT2D eigenvalue weighted by atomic mass is 15.1. The summed E-state index contributed by atoms with van der Waals surface area (Å²) in [5.41, 5.74) is 0.737. The molecule has 1 rings (SSSR count). The normalized spacial score (nSPS) is 25.7. The second-order valence-corrected chi connectivity index (χ2v) is 7.38. The lowest BCUT2D eigenvalue weighted by Gasteiger charge is -2.48. The van der Waals surface area contributed by atoms with E-state index in [-0.39, 0.29) is 16.6 Å². The van der Waals surface area contributed by atoms with Gasteiger partial charge in [-0.1, -0.05) is 6.92 Å². The van der Waals surface area contributed by atoms with Crippen LogP contribution in [-0.2, 0) is 0 Å². The van der Waals surface area contributed by atoms with Gasteiger partial charge in [0, 0.05) is 22.7 Å². The number of hydrogen-bond donors (Lipinski definition) is 2. The van der Waals surface area contributed by atoms with Crippen molar-refractivity contribution in [3.63, 3.8) is 0 Å². The molecule has 0 aliphatic carbocycles. The van der Waals surface area contributed by atoms with E-state index >= 15 is 0 Å². The summed E-state index contributed by atoms with van der Waals surface area (Å²) in [4.78, 5) is 0. The minimum atomic E-state index is 0.239. The van der Waals surface area contributed by atoms with E-state index in [9.17, 15) is 0 Å². The Morgan fingerprint density at radius 1 is 1.12 bits per heavy atom. The van der Waals surface area contributed by atoms with E-state index in [2.05, 4.69) is 59.1 Å². The van der Waals surface area contributed by atoms with Crippen molar-refractivity contribution >= 4 is 0 Å². The molecule has 2 N–H and O–H groups in total. The standard InChI is InChI=1S/C14H30N2/c1-8-12(2,3)15-11-9-13(4,5)16-14(6,7)10-11/h11,15-16H,8-10H2,1-7H3. The van der Waals surface area contributed by atoms with Crippen LogP contribution in [0.25, 0.3) is 0 Å². The van der Waals surface area contributed by atoms with Gasteiger partial charge in [0.1, 0.15) is 0 Å². The zero-order valence-electron chi connectivity index (χ0n) is 12.2. The van der Waals surface area contributed by atoms with Crippen molar-refractivity contribution in [1.82, 2.24) is 10.6 Å². The van der Waals surface area contributed by atoms with E-state index in [1.54, 1.807) is 0 Å². The Balaban J connectivity index is 2.68. The lowest BCUT2D eigenvalue weighted by molar-refractivity contribution is 0.128. The van der Waals surface area contributed by atoms with E-state index < -0.39 is 0 Å². The molecule has 0 saturated carbocycles. The van der Waals surface area contributed by atoms with Crippen molar-refractivity contribution < 1.29 is 0 Å². The van der Waals surface area contributed by atoms with Crippen molar-refractivity contribution in [3.8, 4) is 0 Å². The molecule has 1 aliphatic rings. The number of nitrogens with one attached hydrogen (secondary N) is 2. The van der Waals surface area contributed by atoms with Crippen LogP contribution in [0, 0.1) is 0 Å². The Bertz CT molecular complexity index is 225. The molecule has 2 nitrogen and oxygen atoms in total. The summed E-state index contributed by atoms with van der Waals surface area (Å²) in [6.45, 7) is 16.1. The van der Waals surface area contributed by atoms with Gasteiger partial charge in [-0.05, 0) is 60.8 Å². The van der Waals surface area contributed by atoms with Gasteiger partial charge in [-0.2, -0.15) is 0 Å². The Labute approximate surface area is 102 Å².